The van der Waals surface area contributed by atoms with Crippen LogP contribution in [-0.2, 0) is 11.8 Å². The van der Waals surface area contributed by atoms with Gasteiger partial charge in [0.15, 0.2) is 0 Å². The van der Waals surface area contributed by atoms with Gasteiger partial charge in [-0.25, -0.2) is 4.98 Å². The molecule has 5 heteroatoms. The molecule has 1 aromatic carbocycles. The molecule has 0 aliphatic rings. The predicted molar refractivity (Wildman–Crippen MR) is 98.6 cm³/mol. The second-order valence-electron chi connectivity index (χ2n) is 4.92. The van der Waals surface area contributed by atoms with Crippen LogP contribution < -0.4 is 0 Å². The van der Waals surface area contributed by atoms with E-state index in [2.05, 4.69) is 84.0 Å². The molecule has 0 radical (unpaired) electrons. The SMILES string of the molecule is Cc1ncsc1CCC(CBr)(CBr)c1ccc(Br)cc1. The van der Waals surface area contributed by atoms with Crippen molar-refractivity contribution in [1.82, 2.24) is 4.98 Å². The van der Waals surface area contributed by atoms with E-state index < -0.39 is 0 Å². The summed E-state index contributed by atoms with van der Waals surface area (Å²) >= 11 is 12.7. The fraction of sp³-hybridized carbons (Fsp3) is 0.400. The van der Waals surface area contributed by atoms with Crippen molar-refractivity contribution in [1.29, 1.82) is 0 Å². The molecule has 2 rings (SSSR count). The maximum atomic E-state index is 4.34. The second-order valence-corrected chi connectivity index (χ2v) is 7.89. The Labute approximate surface area is 149 Å². The number of rotatable bonds is 6. The van der Waals surface area contributed by atoms with E-state index in [0.29, 0.717) is 0 Å². The molecule has 0 atom stereocenters. The van der Waals surface area contributed by atoms with Crippen LogP contribution in [-0.4, -0.2) is 15.6 Å². The largest absolute Gasteiger partial charge is 0.250 e. The summed E-state index contributed by atoms with van der Waals surface area (Å²) in [6, 6.07) is 8.67. The third kappa shape index (κ3) is 3.73. The Morgan fingerprint density at radius 2 is 1.80 bits per heavy atom. The normalized spacial score (nSPS) is 11.8. The molecule has 1 nitrogen and oxygen atoms in total. The van der Waals surface area contributed by atoms with Crippen LogP contribution in [0.2, 0.25) is 0 Å². The fourth-order valence-electron chi connectivity index (χ4n) is 2.19. The molecular weight excluding hydrogens is 466 g/mol. The third-order valence-electron chi connectivity index (χ3n) is 3.64. The summed E-state index contributed by atoms with van der Waals surface area (Å²) in [6.07, 6.45) is 2.18. The van der Waals surface area contributed by atoms with E-state index in [0.717, 1.165) is 28.0 Å². The van der Waals surface area contributed by atoms with Crippen molar-refractivity contribution in [3.63, 3.8) is 0 Å². The van der Waals surface area contributed by atoms with Gasteiger partial charge in [0.2, 0.25) is 0 Å². The first-order valence-electron chi connectivity index (χ1n) is 6.38. The second kappa shape index (κ2) is 7.52. The molecule has 0 aliphatic carbocycles. The molecule has 20 heavy (non-hydrogen) atoms. The lowest BCUT2D eigenvalue weighted by atomic mass is 9.80. The average Bonchev–Trinajstić information content (AvgIpc) is 2.88. The first kappa shape index (κ1) is 16.7. The van der Waals surface area contributed by atoms with E-state index in [-0.39, 0.29) is 5.41 Å². The van der Waals surface area contributed by atoms with Crippen molar-refractivity contribution in [3.05, 3.63) is 50.4 Å². The minimum absolute atomic E-state index is 0.122. The van der Waals surface area contributed by atoms with E-state index >= 15 is 0 Å². The zero-order valence-corrected chi connectivity index (χ0v) is 16.8. The third-order valence-corrected chi connectivity index (χ3v) is 7.31. The maximum absolute atomic E-state index is 4.34. The molecule has 0 fully saturated rings. The standard InChI is InChI=1S/C15H16Br3NS/c1-11-14(20-10-19-11)6-7-15(8-16,9-17)12-2-4-13(18)5-3-12/h2-5,10H,6-9H2,1H3. The number of nitrogens with zero attached hydrogens (tertiary/aromatic N) is 1. The van der Waals surface area contributed by atoms with Crippen LogP contribution in [0.1, 0.15) is 22.6 Å². The van der Waals surface area contributed by atoms with Crippen molar-refractivity contribution in [2.45, 2.75) is 25.2 Å². The average molecular weight is 482 g/mol. The summed E-state index contributed by atoms with van der Waals surface area (Å²) in [6.45, 7) is 2.09. The molecule has 0 saturated heterocycles. The highest BCUT2D eigenvalue weighted by atomic mass is 79.9. The minimum Gasteiger partial charge on any atom is -0.250 e. The summed E-state index contributed by atoms with van der Waals surface area (Å²) in [5, 5.41) is 1.90. The van der Waals surface area contributed by atoms with Crippen molar-refractivity contribution in [3.8, 4) is 0 Å². The summed E-state index contributed by atoms with van der Waals surface area (Å²) in [5.41, 5.74) is 4.60. The zero-order valence-electron chi connectivity index (χ0n) is 11.2. The van der Waals surface area contributed by atoms with Gasteiger partial charge in [0.1, 0.15) is 0 Å². The molecule has 0 unspecified atom stereocenters. The molecule has 1 aromatic heterocycles. The minimum atomic E-state index is 0.122. The highest BCUT2D eigenvalue weighted by molar-refractivity contribution is 9.10. The highest BCUT2D eigenvalue weighted by Crippen LogP contribution is 2.35. The van der Waals surface area contributed by atoms with Gasteiger partial charge >= 0.3 is 0 Å². The highest BCUT2D eigenvalue weighted by Gasteiger charge is 2.30. The molecule has 2 aromatic rings. The van der Waals surface area contributed by atoms with Crippen LogP contribution in [0.25, 0.3) is 0 Å². The Kier molecular flexibility index (Phi) is 6.26. The van der Waals surface area contributed by atoms with Gasteiger partial charge in [-0.05, 0) is 37.5 Å². The molecule has 1 heterocycles. The molecule has 0 saturated carbocycles. The Morgan fingerprint density at radius 3 is 2.30 bits per heavy atom. The first-order chi connectivity index (χ1) is 9.61. The van der Waals surface area contributed by atoms with E-state index in [9.17, 15) is 0 Å². The number of hydrogen-bond donors (Lipinski definition) is 0. The van der Waals surface area contributed by atoms with Crippen LogP contribution in [0.5, 0.6) is 0 Å². The van der Waals surface area contributed by atoms with Gasteiger partial charge in [-0.3, -0.25) is 0 Å². The van der Waals surface area contributed by atoms with Gasteiger partial charge in [0, 0.05) is 25.4 Å². The van der Waals surface area contributed by atoms with Gasteiger partial charge in [0.05, 0.1) is 11.2 Å². The van der Waals surface area contributed by atoms with E-state index in [1.54, 1.807) is 11.3 Å². The monoisotopic (exact) mass is 479 g/mol. The quantitative estimate of drug-likeness (QED) is 0.470. The molecule has 0 aliphatic heterocycles. The van der Waals surface area contributed by atoms with Gasteiger partial charge in [-0.15, -0.1) is 11.3 Å². The smallest absolute Gasteiger partial charge is 0.0797 e. The number of thiazole rings is 1. The van der Waals surface area contributed by atoms with Crippen molar-refractivity contribution < 1.29 is 0 Å². The zero-order chi connectivity index (χ0) is 14.6. The molecule has 0 spiro atoms. The summed E-state index contributed by atoms with van der Waals surface area (Å²) in [4.78, 5) is 5.74. The van der Waals surface area contributed by atoms with Gasteiger partial charge < -0.3 is 0 Å². The van der Waals surface area contributed by atoms with E-state index in [4.69, 9.17) is 0 Å². The van der Waals surface area contributed by atoms with Crippen molar-refractivity contribution in [2.24, 2.45) is 0 Å². The Morgan fingerprint density at radius 1 is 1.15 bits per heavy atom. The summed E-state index contributed by atoms with van der Waals surface area (Å²) < 4.78 is 1.12. The summed E-state index contributed by atoms with van der Waals surface area (Å²) in [7, 11) is 0. The lowest BCUT2D eigenvalue weighted by molar-refractivity contribution is 0.506. The van der Waals surface area contributed by atoms with Crippen LogP contribution >= 0.6 is 59.1 Å². The van der Waals surface area contributed by atoms with Crippen molar-refractivity contribution >= 4 is 59.1 Å². The molecule has 0 bridgehead atoms. The Balaban J connectivity index is 2.21. The molecule has 0 amide bonds. The van der Waals surface area contributed by atoms with Gasteiger partial charge in [-0.2, -0.15) is 0 Å². The van der Waals surface area contributed by atoms with Crippen LogP contribution in [0, 0.1) is 6.92 Å². The van der Waals surface area contributed by atoms with Crippen molar-refractivity contribution in [2.75, 3.05) is 10.7 Å². The van der Waals surface area contributed by atoms with Crippen LogP contribution in [0.3, 0.4) is 0 Å². The topological polar surface area (TPSA) is 12.9 Å². The maximum Gasteiger partial charge on any atom is 0.0797 e. The van der Waals surface area contributed by atoms with Crippen LogP contribution in [0.15, 0.2) is 34.2 Å². The van der Waals surface area contributed by atoms with E-state index in [1.807, 2.05) is 5.51 Å². The Hall–Kier alpha value is 0.290. The summed E-state index contributed by atoms with van der Waals surface area (Å²) in [5.74, 6) is 0. The lowest BCUT2D eigenvalue weighted by Gasteiger charge is -2.31. The van der Waals surface area contributed by atoms with Gasteiger partial charge in [0.25, 0.3) is 0 Å². The number of benzene rings is 1. The fourth-order valence-corrected chi connectivity index (χ4v) is 5.37. The number of halogens is 3. The molecule has 0 N–H and O–H groups in total. The number of alkyl halides is 2. The lowest BCUT2D eigenvalue weighted by Crippen LogP contribution is -2.30. The van der Waals surface area contributed by atoms with Gasteiger partial charge in [-0.1, -0.05) is 59.9 Å². The molecular formula is C15H16Br3NS. The molecule has 108 valence electrons. The Bertz CT molecular complexity index is 547. The first-order valence-corrected chi connectivity index (χ1v) is 10.3. The van der Waals surface area contributed by atoms with E-state index in [1.165, 1.54) is 16.1 Å². The predicted octanol–water partition coefficient (Wildman–Crippen LogP) is 5.87. The number of hydrogen-bond acceptors (Lipinski definition) is 2. The van der Waals surface area contributed by atoms with Crippen LogP contribution in [0.4, 0.5) is 0 Å². The number of aromatic nitrogens is 1. The number of aryl methyl sites for hydroxylation is 2.